The normalized spacial score (nSPS) is 19.2. The topological polar surface area (TPSA) is 86.5 Å². The van der Waals surface area contributed by atoms with Gasteiger partial charge in [0.1, 0.15) is 5.60 Å². The number of hydrogen-bond donors (Lipinski definition) is 0. The standard InChI is InChI=1S/C20H25NO5/c1-13-15(19(23)26-20(2,3)4)10-11-17(22)18(13)16(12-21(24)25)14-8-6-5-7-9-14/h5-9,15-16H,10-12H2,1-4H3/t15-,16+/m1/s1. The third kappa shape index (κ3) is 4.77. The lowest BCUT2D eigenvalue weighted by molar-refractivity contribution is -0.481. The van der Waals surface area contributed by atoms with Gasteiger partial charge in [0.25, 0.3) is 0 Å². The monoisotopic (exact) mass is 359 g/mol. The molecule has 0 heterocycles. The van der Waals surface area contributed by atoms with Crippen LogP contribution >= 0.6 is 0 Å². The molecule has 1 aromatic rings. The maximum Gasteiger partial charge on any atom is 0.313 e. The minimum absolute atomic E-state index is 0.127. The van der Waals surface area contributed by atoms with Crippen LogP contribution in [-0.4, -0.2) is 28.8 Å². The van der Waals surface area contributed by atoms with E-state index in [4.69, 9.17) is 4.74 Å². The van der Waals surface area contributed by atoms with Crippen molar-refractivity contribution in [3.05, 3.63) is 57.2 Å². The molecule has 0 radical (unpaired) electrons. The van der Waals surface area contributed by atoms with E-state index in [0.717, 1.165) is 0 Å². The number of nitrogens with zero attached hydrogens (tertiary/aromatic N) is 1. The van der Waals surface area contributed by atoms with E-state index in [2.05, 4.69) is 0 Å². The second-order valence-corrected chi connectivity index (χ2v) is 7.62. The summed E-state index contributed by atoms with van der Waals surface area (Å²) in [5.74, 6) is -1.71. The highest BCUT2D eigenvalue weighted by atomic mass is 16.6. The van der Waals surface area contributed by atoms with Crippen LogP contribution in [0.2, 0.25) is 0 Å². The first kappa shape index (κ1) is 19.8. The summed E-state index contributed by atoms with van der Waals surface area (Å²) >= 11 is 0. The van der Waals surface area contributed by atoms with Crippen molar-refractivity contribution in [3.8, 4) is 0 Å². The van der Waals surface area contributed by atoms with Crippen LogP contribution in [0.25, 0.3) is 0 Å². The van der Waals surface area contributed by atoms with E-state index in [-0.39, 0.29) is 24.7 Å². The zero-order valence-corrected chi connectivity index (χ0v) is 15.7. The summed E-state index contributed by atoms with van der Waals surface area (Å²) in [5, 5.41) is 11.2. The summed E-state index contributed by atoms with van der Waals surface area (Å²) in [7, 11) is 0. The Kier molecular flexibility index (Phi) is 5.95. The predicted molar refractivity (Wildman–Crippen MR) is 97.3 cm³/mol. The van der Waals surface area contributed by atoms with Gasteiger partial charge in [0, 0.05) is 16.9 Å². The van der Waals surface area contributed by atoms with Crippen molar-refractivity contribution >= 4 is 11.8 Å². The molecule has 6 heteroatoms. The minimum atomic E-state index is -0.663. The maximum atomic E-state index is 12.6. The number of esters is 1. The van der Waals surface area contributed by atoms with Gasteiger partial charge < -0.3 is 4.74 Å². The Labute approximate surface area is 153 Å². The first-order valence-electron chi connectivity index (χ1n) is 8.73. The van der Waals surface area contributed by atoms with Gasteiger partial charge in [0.05, 0.1) is 11.8 Å². The van der Waals surface area contributed by atoms with E-state index < -0.39 is 22.4 Å². The lowest BCUT2D eigenvalue weighted by Crippen LogP contribution is -2.34. The van der Waals surface area contributed by atoms with Crippen molar-refractivity contribution in [3.63, 3.8) is 0 Å². The summed E-state index contributed by atoms with van der Waals surface area (Å²) in [6.45, 7) is 6.70. The molecule has 140 valence electrons. The summed E-state index contributed by atoms with van der Waals surface area (Å²) in [6.07, 6.45) is 0.570. The molecule has 0 aliphatic heterocycles. The molecular weight excluding hydrogens is 334 g/mol. The molecule has 1 aliphatic carbocycles. The van der Waals surface area contributed by atoms with Gasteiger partial charge in [-0.25, -0.2) is 0 Å². The number of carbonyl (C=O) groups excluding carboxylic acids is 2. The smallest absolute Gasteiger partial charge is 0.313 e. The Bertz CT molecular complexity index is 730. The quantitative estimate of drug-likeness (QED) is 0.455. The van der Waals surface area contributed by atoms with Crippen LogP contribution in [0.5, 0.6) is 0 Å². The Morgan fingerprint density at radius 2 is 1.92 bits per heavy atom. The summed E-state index contributed by atoms with van der Waals surface area (Å²) in [6, 6.07) is 8.95. The van der Waals surface area contributed by atoms with Gasteiger partial charge in [0.2, 0.25) is 6.54 Å². The molecule has 1 aromatic carbocycles. The van der Waals surface area contributed by atoms with Crippen LogP contribution in [0.3, 0.4) is 0 Å². The van der Waals surface area contributed by atoms with Crippen molar-refractivity contribution in [1.29, 1.82) is 0 Å². The molecule has 2 rings (SSSR count). The van der Waals surface area contributed by atoms with Gasteiger partial charge in [-0.1, -0.05) is 35.9 Å². The molecule has 0 saturated carbocycles. The van der Waals surface area contributed by atoms with Crippen molar-refractivity contribution in [2.75, 3.05) is 6.54 Å². The molecule has 0 amide bonds. The summed E-state index contributed by atoms with van der Waals surface area (Å²) in [4.78, 5) is 36.0. The molecule has 0 aromatic heterocycles. The van der Waals surface area contributed by atoms with Gasteiger partial charge in [0.15, 0.2) is 5.78 Å². The van der Waals surface area contributed by atoms with E-state index in [1.165, 1.54) is 0 Å². The van der Waals surface area contributed by atoms with Gasteiger partial charge in [-0.15, -0.1) is 0 Å². The second kappa shape index (κ2) is 7.81. The Hall–Kier alpha value is -2.50. The average molecular weight is 359 g/mol. The summed E-state index contributed by atoms with van der Waals surface area (Å²) in [5.41, 5.74) is 1.05. The lowest BCUT2D eigenvalue weighted by atomic mass is 9.75. The van der Waals surface area contributed by atoms with Crippen molar-refractivity contribution in [2.24, 2.45) is 5.92 Å². The molecule has 26 heavy (non-hydrogen) atoms. The first-order chi connectivity index (χ1) is 12.1. The van der Waals surface area contributed by atoms with Crippen LogP contribution in [-0.2, 0) is 14.3 Å². The third-order valence-electron chi connectivity index (χ3n) is 4.48. The summed E-state index contributed by atoms with van der Waals surface area (Å²) < 4.78 is 5.48. The highest BCUT2D eigenvalue weighted by Crippen LogP contribution is 2.37. The molecule has 0 saturated heterocycles. The Morgan fingerprint density at radius 3 is 2.46 bits per heavy atom. The molecule has 0 fully saturated rings. The second-order valence-electron chi connectivity index (χ2n) is 7.62. The van der Waals surface area contributed by atoms with Crippen LogP contribution in [0.15, 0.2) is 41.5 Å². The van der Waals surface area contributed by atoms with E-state index in [0.29, 0.717) is 23.1 Å². The number of rotatable bonds is 5. The molecule has 6 nitrogen and oxygen atoms in total. The van der Waals surface area contributed by atoms with Gasteiger partial charge in [-0.2, -0.15) is 0 Å². The number of hydrogen-bond acceptors (Lipinski definition) is 5. The Morgan fingerprint density at radius 1 is 1.31 bits per heavy atom. The highest BCUT2D eigenvalue weighted by molar-refractivity contribution is 6.00. The van der Waals surface area contributed by atoms with Crippen LogP contribution < -0.4 is 0 Å². The number of carbonyl (C=O) groups is 2. The van der Waals surface area contributed by atoms with Gasteiger partial charge in [-0.3, -0.25) is 19.7 Å². The number of ketones is 1. The van der Waals surface area contributed by atoms with Crippen molar-refractivity contribution in [2.45, 2.75) is 52.1 Å². The first-order valence-corrected chi connectivity index (χ1v) is 8.73. The Balaban J connectivity index is 2.46. The average Bonchev–Trinajstić information content (AvgIpc) is 2.52. The van der Waals surface area contributed by atoms with Crippen molar-refractivity contribution < 1.29 is 19.2 Å². The fraction of sp³-hybridized carbons (Fsp3) is 0.500. The molecular formula is C20H25NO5. The number of benzene rings is 1. The fourth-order valence-corrected chi connectivity index (χ4v) is 3.37. The van der Waals surface area contributed by atoms with E-state index in [1.807, 2.05) is 6.07 Å². The molecule has 2 atom stereocenters. The SMILES string of the molecule is CC1=C([C@@H](C[N+](=O)[O-])c2ccccc2)C(=O)CC[C@H]1C(=O)OC(C)(C)C. The van der Waals surface area contributed by atoms with Gasteiger partial charge >= 0.3 is 5.97 Å². The number of nitro groups is 1. The minimum Gasteiger partial charge on any atom is -0.460 e. The maximum absolute atomic E-state index is 12.6. The van der Waals surface area contributed by atoms with Crippen LogP contribution in [0, 0.1) is 16.0 Å². The molecule has 0 N–H and O–H groups in total. The third-order valence-corrected chi connectivity index (χ3v) is 4.48. The lowest BCUT2D eigenvalue weighted by Gasteiger charge is -2.30. The number of ether oxygens (including phenoxy) is 1. The van der Waals surface area contributed by atoms with Crippen molar-refractivity contribution in [1.82, 2.24) is 0 Å². The molecule has 0 spiro atoms. The molecule has 0 unspecified atom stereocenters. The van der Waals surface area contributed by atoms with Gasteiger partial charge in [-0.05, 0) is 39.7 Å². The van der Waals surface area contributed by atoms with E-state index >= 15 is 0 Å². The fourth-order valence-electron chi connectivity index (χ4n) is 3.37. The number of Topliss-reactive ketones (excluding diaryl/α,β-unsaturated/α-hetero) is 1. The zero-order valence-electron chi connectivity index (χ0n) is 15.7. The van der Waals surface area contributed by atoms with E-state index in [9.17, 15) is 19.7 Å². The van der Waals surface area contributed by atoms with Crippen LogP contribution in [0.4, 0.5) is 0 Å². The largest absolute Gasteiger partial charge is 0.460 e. The van der Waals surface area contributed by atoms with E-state index in [1.54, 1.807) is 52.0 Å². The molecule has 1 aliphatic rings. The van der Waals surface area contributed by atoms with Crippen LogP contribution in [0.1, 0.15) is 52.0 Å². The molecule has 0 bridgehead atoms. The predicted octanol–water partition coefficient (Wildman–Crippen LogP) is 3.68. The highest BCUT2D eigenvalue weighted by Gasteiger charge is 2.38. The zero-order chi connectivity index (χ0) is 19.5.